The van der Waals surface area contributed by atoms with E-state index in [1.54, 1.807) is 4.68 Å². The van der Waals surface area contributed by atoms with Gasteiger partial charge in [-0.3, -0.25) is 4.79 Å². The van der Waals surface area contributed by atoms with Crippen LogP contribution in [0.1, 0.15) is 38.9 Å². The van der Waals surface area contributed by atoms with Gasteiger partial charge in [-0.05, 0) is 16.3 Å². The van der Waals surface area contributed by atoms with Gasteiger partial charge in [-0.15, -0.1) is 5.10 Å². The zero-order valence-corrected chi connectivity index (χ0v) is 9.21. The maximum absolute atomic E-state index is 10.4. The standard InChI is InChI=1S/C9H16N4O2/c1-6(2)7(3)9-10-11-12-13(9)5-4-8(14)15/h6-7H,4-5H2,1-3H3,(H,14,15). The van der Waals surface area contributed by atoms with Gasteiger partial charge in [-0.25, -0.2) is 4.68 Å². The molecule has 84 valence electrons. The minimum Gasteiger partial charge on any atom is -0.481 e. The zero-order chi connectivity index (χ0) is 11.4. The summed E-state index contributed by atoms with van der Waals surface area (Å²) in [5.41, 5.74) is 0. The number of aryl methyl sites for hydroxylation is 1. The molecule has 1 aromatic rings. The summed E-state index contributed by atoms with van der Waals surface area (Å²) in [6.45, 7) is 6.53. The Hall–Kier alpha value is -1.46. The Bertz CT molecular complexity index is 335. The Morgan fingerprint density at radius 3 is 2.67 bits per heavy atom. The highest BCUT2D eigenvalue weighted by Gasteiger charge is 2.17. The summed E-state index contributed by atoms with van der Waals surface area (Å²) in [7, 11) is 0. The van der Waals surface area contributed by atoms with Gasteiger partial charge >= 0.3 is 5.97 Å². The molecule has 1 unspecified atom stereocenters. The summed E-state index contributed by atoms with van der Waals surface area (Å²) < 4.78 is 1.57. The summed E-state index contributed by atoms with van der Waals surface area (Å²) in [6, 6.07) is 0. The third kappa shape index (κ3) is 3.00. The number of aromatic nitrogens is 4. The SMILES string of the molecule is CC(C)C(C)c1nnnn1CCC(=O)O. The molecule has 0 aliphatic rings. The van der Waals surface area contributed by atoms with Crippen LogP contribution in [0.25, 0.3) is 0 Å². The Morgan fingerprint density at radius 2 is 2.13 bits per heavy atom. The second-order valence-corrected chi connectivity index (χ2v) is 3.94. The quantitative estimate of drug-likeness (QED) is 0.784. The maximum atomic E-state index is 10.4. The molecule has 0 aromatic carbocycles. The molecule has 0 amide bonds. The molecule has 0 saturated carbocycles. The van der Waals surface area contributed by atoms with E-state index in [9.17, 15) is 4.79 Å². The van der Waals surface area contributed by atoms with Crippen LogP contribution < -0.4 is 0 Å². The van der Waals surface area contributed by atoms with Gasteiger partial charge in [-0.2, -0.15) is 0 Å². The largest absolute Gasteiger partial charge is 0.481 e. The normalized spacial score (nSPS) is 13.1. The number of hydrogen-bond donors (Lipinski definition) is 1. The summed E-state index contributed by atoms with van der Waals surface area (Å²) in [4.78, 5) is 10.4. The van der Waals surface area contributed by atoms with Gasteiger partial charge in [0.1, 0.15) is 0 Å². The molecule has 1 aromatic heterocycles. The highest BCUT2D eigenvalue weighted by molar-refractivity contribution is 5.66. The Labute approximate surface area is 88.3 Å². The van der Waals surface area contributed by atoms with Crippen molar-refractivity contribution in [3.05, 3.63) is 5.82 Å². The molecule has 0 spiro atoms. The van der Waals surface area contributed by atoms with Crippen molar-refractivity contribution in [2.24, 2.45) is 5.92 Å². The lowest BCUT2D eigenvalue weighted by Crippen LogP contribution is -2.14. The van der Waals surface area contributed by atoms with E-state index in [4.69, 9.17) is 5.11 Å². The number of nitrogens with zero attached hydrogens (tertiary/aromatic N) is 4. The highest BCUT2D eigenvalue weighted by Crippen LogP contribution is 2.20. The second-order valence-electron chi connectivity index (χ2n) is 3.94. The summed E-state index contributed by atoms with van der Waals surface area (Å²) in [5.74, 6) is 0.577. The third-order valence-corrected chi connectivity index (χ3v) is 2.50. The van der Waals surface area contributed by atoms with Crippen molar-refractivity contribution in [3.63, 3.8) is 0 Å². The first kappa shape index (κ1) is 11.6. The lowest BCUT2D eigenvalue weighted by molar-refractivity contribution is -0.137. The van der Waals surface area contributed by atoms with Crippen molar-refractivity contribution < 1.29 is 9.90 Å². The summed E-state index contributed by atoms with van der Waals surface area (Å²) in [6.07, 6.45) is 0.0445. The predicted molar refractivity (Wildman–Crippen MR) is 53.3 cm³/mol. The van der Waals surface area contributed by atoms with E-state index in [2.05, 4.69) is 29.4 Å². The number of tetrazole rings is 1. The summed E-state index contributed by atoms with van der Waals surface area (Å²) in [5, 5.41) is 19.9. The Balaban J connectivity index is 2.73. The van der Waals surface area contributed by atoms with Gasteiger partial charge in [0.2, 0.25) is 0 Å². The highest BCUT2D eigenvalue weighted by atomic mass is 16.4. The van der Waals surface area contributed by atoms with Crippen LogP contribution in [0.15, 0.2) is 0 Å². The van der Waals surface area contributed by atoms with Gasteiger partial charge in [0.25, 0.3) is 0 Å². The van der Waals surface area contributed by atoms with E-state index in [0.29, 0.717) is 12.5 Å². The van der Waals surface area contributed by atoms with Crippen molar-refractivity contribution in [3.8, 4) is 0 Å². The first-order valence-electron chi connectivity index (χ1n) is 5.00. The van der Waals surface area contributed by atoms with E-state index >= 15 is 0 Å². The Kier molecular flexibility index (Phi) is 3.76. The van der Waals surface area contributed by atoms with Crippen molar-refractivity contribution >= 4 is 5.97 Å². The third-order valence-electron chi connectivity index (χ3n) is 2.50. The van der Waals surface area contributed by atoms with Crippen molar-refractivity contribution in [1.82, 2.24) is 20.2 Å². The molecule has 1 heterocycles. The minimum atomic E-state index is -0.839. The van der Waals surface area contributed by atoms with E-state index in [1.807, 2.05) is 6.92 Å². The average Bonchev–Trinajstić information content (AvgIpc) is 2.60. The van der Waals surface area contributed by atoms with Gasteiger partial charge < -0.3 is 5.11 Å². The minimum absolute atomic E-state index is 0.0445. The molecule has 0 aliphatic carbocycles. The monoisotopic (exact) mass is 212 g/mol. The lowest BCUT2D eigenvalue weighted by Gasteiger charge is -2.14. The average molecular weight is 212 g/mol. The van der Waals surface area contributed by atoms with Crippen LogP contribution in [0.2, 0.25) is 0 Å². The van der Waals surface area contributed by atoms with Crippen LogP contribution in [0, 0.1) is 5.92 Å². The molecule has 0 fully saturated rings. The Morgan fingerprint density at radius 1 is 1.47 bits per heavy atom. The number of aliphatic carboxylic acids is 1. The van der Waals surface area contributed by atoms with Crippen LogP contribution in [0.4, 0.5) is 0 Å². The topological polar surface area (TPSA) is 80.9 Å². The molecule has 1 rings (SSSR count). The molecule has 6 heteroatoms. The van der Waals surface area contributed by atoms with Crippen molar-refractivity contribution in [1.29, 1.82) is 0 Å². The predicted octanol–water partition coefficient (Wildman–Crippen LogP) is 0.907. The van der Waals surface area contributed by atoms with Crippen molar-refractivity contribution in [2.75, 3.05) is 0 Å². The fraction of sp³-hybridized carbons (Fsp3) is 0.778. The van der Waals surface area contributed by atoms with Crippen LogP contribution >= 0.6 is 0 Å². The molecule has 6 nitrogen and oxygen atoms in total. The molecule has 0 saturated heterocycles. The van der Waals surface area contributed by atoms with E-state index < -0.39 is 5.97 Å². The number of hydrogen-bond acceptors (Lipinski definition) is 4. The van der Waals surface area contributed by atoms with E-state index in [0.717, 1.165) is 5.82 Å². The van der Waals surface area contributed by atoms with E-state index in [1.165, 1.54) is 0 Å². The molecular formula is C9H16N4O2. The molecule has 0 bridgehead atoms. The first-order valence-corrected chi connectivity index (χ1v) is 5.00. The van der Waals surface area contributed by atoms with E-state index in [-0.39, 0.29) is 12.3 Å². The van der Waals surface area contributed by atoms with Gasteiger partial charge in [0.05, 0.1) is 13.0 Å². The molecule has 0 aliphatic heterocycles. The second kappa shape index (κ2) is 4.86. The first-order chi connectivity index (χ1) is 7.02. The van der Waals surface area contributed by atoms with Crippen LogP contribution in [0.5, 0.6) is 0 Å². The van der Waals surface area contributed by atoms with Gasteiger partial charge in [-0.1, -0.05) is 20.8 Å². The molecule has 0 radical (unpaired) electrons. The van der Waals surface area contributed by atoms with Crippen molar-refractivity contribution in [2.45, 2.75) is 39.7 Å². The number of rotatable bonds is 5. The fourth-order valence-electron chi connectivity index (χ4n) is 1.20. The number of carboxylic acids is 1. The van der Waals surface area contributed by atoms with Gasteiger partial charge in [0, 0.05) is 5.92 Å². The number of carbonyl (C=O) groups is 1. The summed E-state index contributed by atoms with van der Waals surface area (Å²) >= 11 is 0. The smallest absolute Gasteiger partial charge is 0.305 e. The molecule has 1 atom stereocenters. The lowest BCUT2D eigenvalue weighted by atomic mass is 9.97. The van der Waals surface area contributed by atoms with Crippen LogP contribution in [-0.4, -0.2) is 31.3 Å². The van der Waals surface area contributed by atoms with Crippen LogP contribution in [-0.2, 0) is 11.3 Å². The maximum Gasteiger partial charge on any atom is 0.305 e. The number of carboxylic acid groups (broad SMARTS) is 1. The fourth-order valence-corrected chi connectivity index (χ4v) is 1.20. The zero-order valence-electron chi connectivity index (χ0n) is 9.21. The molecular weight excluding hydrogens is 196 g/mol. The van der Waals surface area contributed by atoms with Crippen LogP contribution in [0.3, 0.4) is 0 Å². The van der Waals surface area contributed by atoms with Gasteiger partial charge in [0.15, 0.2) is 5.82 Å². The molecule has 15 heavy (non-hydrogen) atoms. The molecule has 1 N–H and O–H groups in total.